The van der Waals surface area contributed by atoms with Gasteiger partial charge in [-0.15, -0.1) is 0 Å². The molecule has 0 aromatic heterocycles. The predicted octanol–water partition coefficient (Wildman–Crippen LogP) is 3.94. The fraction of sp³-hybridized carbons (Fsp3) is 0.391. The zero-order valence-electron chi connectivity index (χ0n) is 17.8. The maximum absolute atomic E-state index is 12.1. The number of methoxy groups -OCH3 is 1. The maximum Gasteiger partial charge on any atom is 0.227 e. The van der Waals surface area contributed by atoms with Crippen LogP contribution in [0.5, 0.6) is 5.75 Å². The summed E-state index contributed by atoms with van der Waals surface area (Å²) >= 11 is 0. The number of aliphatic imine (C=N–C) groups is 1. The third kappa shape index (κ3) is 7.49. The van der Waals surface area contributed by atoms with Gasteiger partial charge in [0.25, 0.3) is 0 Å². The molecule has 2 aromatic rings. The van der Waals surface area contributed by atoms with Crippen molar-refractivity contribution in [1.29, 1.82) is 0 Å². The first-order chi connectivity index (χ1) is 14.0. The van der Waals surface area contributed by atoms with Crippen LogP contribution in [0.1, 0.15) is 38.3 Å². The molecule has 6 nitrogen and oxygen atoms in total. The summed E-state index contributed by atoms with van der Waals surface area (Å²) in [5.74, 6) is 1.62. The van der Waals surface area contributed by atoms with Crippen molar-refractivity contribution in [3.8, 4) is 5.75 Å². The Labute approximate surface area is 173 Å². The molecule has 0 aliphatic heterocycles. The van der Waals surface area contributed by atoms with Crippen LogP contribution < -0.4 is 20.7 Å². The number of benzene rings is 2. The fourth-order valence-electron chi connectivity index (χ4n) is 2.68. The Morgan fingerprint density at radius 3 is 2.55 bits per heavy atom. The lowest BCUT2D eigenvalue weighted by Crippen LogP contribution is -2.36. The van der Waals surface area contributed by atoms with E-state index in [1.54, 1.807) is 7.11 Å². The Morgan fingerprint density at radius 2 is 1.83 bits per heavy atom. The van der Waals surface area contributed by atoms with Gasteiger partial charge in [0.1, 0.15) is 5.75 Å². The zero-order chi connectivity index (χ0) is 21.1. The molecule has 2 rings (SSSR count). The van der Waals surface area contributed by atoms with E-state index < -0.39 is 0 Å². The smallest absolute Gasteiger partial charge is 0.227 e. The van der Waals surface area contributed by atoms with Gasteiger partial charge < -0.3 is 20.7 Å². The van der Waals surface area contributed by atoms with Gasteiger partial charge >= 0.3 is 0 Å². The second kappa shape index (κ2) is 11.7. The van der Waals surface area contributed by atoms with Crippen molar-refractivity contribution in [2.45, 2.75) is 40.3 Å². The first-order valence-corrected chi connectivity index (χ1v) is 10.1. The van der Waals surface area contributed by atoms with E-state index in [4.69, 9.17) is 4.74 Å². The maximum atomic E-state index is 12.1. The number of carbonyl (C=O) groups excluding carboxylic acids is 1. The van der Waals surface area contributed by atoms with Crippen LogP contribution in [0.3, 0.4) is 0 Å². The van der Waals surface area contributed by atoms with Gasteiger partial charge in [-0.1, -0.05) is 38.1 Å². The highest BCUT2D eigenvalue weighted by atomic mass is 16.5. The highest BCUT2D eigenvalue weighted by molar-refractivity contribution is 5.92. The van der Waals surface area contributed by atoms with Crippen LogP contribution in [0.2, 0.25) is 0 Å². The van der Waals surface area contributed by atoms with E-state index in [-0.39, 0.29) is 11.8 Å². The van der Waals surface area contributed by atoms with Crippen molar-refractivity contribution in [3.05, 3.63) is 59.7 Å². The molecule has 0 aliphatic carbocycles. The van der Waals surface area contributed by atoms with Crippen molar-refractivity contribution in [2.24, 2.45) is 10.9 Å². The Kier molecular flexibility index (Phi) is 9.02. The highest BCUT2D eigenvalue weighted by Crippen LogP contribution is 2.14. The zero-order valence-corrected chi connectivity index (χ0v) is 17.8. The number of anilines is 1. The van der Waals surface area contributed by atoms with Crippen LogP contribution >= 0.6 is 0 Å². The largest absolute Gasteiger partial charge is 0.497 e. The number of hydrogen-bond donors (Lipinski definition) is 3. The summed E-state index contributed by atoms with van der Waals surface area (Å²) in [4.78, 5) is 16.8. The molecule has 0 heterocycles. The normalized spacial score (nSPS) is 12.2. The SMILES string of the molecule is CCNC(=NCc1cccc(NC(=O)C(C)CC)c1)NCc1cccc(OC)c1. The molecule has 156 valence electrons. The second-order valence-electron chi connectivity index (χ2n) is 6.90. The van der Waals surface area contributed by atoms with Crippen molar-refractivity contribution >= 4 is 17.6 Å². The lowest BCUT2D eigenvalue weighted by molar-refractivity contribution is -0.119. The first kappa shape index (κ1) is 22.3. The molecule has 6 heteroatoms. The van der Waals surface area contributed by atoms with Crippen molar-refractivity contribution < 1.29 is 9.53 Å². The number of rotatable bonds is 9. The molecule has 0 aliphatic rings. The van der Waals surface area contributed by atoms with Gasteiger partial charge in [-0.05, 0) is 48.7 Å². The molecule has 0 fully saturated rings. The van der Waals surface area contributed by atoms with Crippen LogP contribution in [0.4, 0.5) is 5.69 Å². The van der Waals surface area contributed by atoms with Gasteiger partial charge in [0, 0.05) is 24.7 Å². The monoisotopic (exact) mass is 396 g/mol. The van der Waals surface area contributed by atoms with Crippen molar-refractivity contribution in [1.82, 2.24) is 10.6 Å². The summed E-state index contributed by atoms with van der Waals surface area (Å²) in [6.45, 7) is 7.91. The van der Waals surface area contributed by atoms with Gasteiger partial charge in [-0.25, -0.2) is 4.99 Å². The molecule has 2 aromatic carbocycles. The van der Waals surface area contributed by atoms with E-state index in [0.717, 1.165) is 41.5 Å². The van der Waals surface area contributed by atoms with Crippen LogP contribution in [0, 0.1) is 5.92 Å². The van der Waals surface area contributed by atoms with Gasteiger partial charge in [0.15, 0.2) is 5.96 Å². The third-order valence-corrected chi connectivity index (χ3v) is 4.61. The van der Waals surface area contributed by atoms with E-state index in [1.165, 1.54) is 0 Å². The minimum atomic E-state index is -0.00200. The number of nitrogens with zero attached hydrogens (tertiary/aromatic N) is 1. The Bertz CT molecular complexity index is 820. The molecule has 0 bridgehead atoms. The Hall–Kier alpha value is -3.02. The third-order valence-electron chi connectivity index (χ3n) is 4.61. The predicted molar refractivity (Wildman–Crippen MR) is 119 cm³/mol. The van der Waals surface area contributed by atoms with Gasteiger partial charge in [-0.3, -0.25) is 4.79 Å². The van der Waals surface area contributed by atoms with Gasteiger partial charge in [0.2, 0.25) is 5.91 Å². The van der Waals surface area contributed by atoms with E-state index in [2.05, 4.69) is 20.9 Å². The molecule has 0 spiro atoms. The molecule has 1 atom stereocenters. The summed E-state index contributed by atoms with van der Waals surface area (Å²) in [7, 11) is 1.66. The van der Waals surface area contributed by atoms with Gasteiger partial charge in [-0.2, -0.15) is 0 Å². The molecule has 0 saturated carbocycles. The van der Waals surface area contributed by atoms with Crippen molar-refractivity contribution in [3.63, 3.8) is 0 Å². The summed E-state index contributed by atoms with van der Waals surface area (Å²) in [5, 5.41) is 9.57. The summed E-state index contributed by atoms with van der Waals surface area (Å²) in [6.07, 6.45) is 0.820. The van der Waals surface area contributed by atoms with E-state index >= 15 is 0 Å². The van der Waals surface area contributed by atoms with Crippen LogP contribution in [-0.2, 0) is 17.9 Å². The van der Waals surface area contributed by atoms with Crippen LogP contribution in [-0.4, -0.2) is 25.5 Å². The topological polar surface area (TPSA) is 74.8 Å². The summed E-state index contributed by atoms with van der Waals surface area (Å²) in [6, 6.07) is 15.8. The Morgan fingerprint density at radius 1 is 1.07 bits per heavy atom. The van der Waals surface area contributed by atoms with Crippen LogP contribution in [0.25, 0.3) is 0 Å². The minimum Gasteiger partial charge on any atom is -0.497 e. The number of guanidine groups is 1. The molecule has 0 saturated heterocycles. The lowest BCUT2D eigenvalue weighted by atomic mass is 10.1. The Balaban J connectivity index is 2.00. The lowest BCUT2D eigenvalue weighted by Gasteiger charge is -2.13. The standard InChI is InChI=1S/C23H32N4O2/c1-5-17(3)22(28)27-20-11-7-9-18(13-20)15-25-23(24-6-2)26-16-19-10-8-12-21(14-19)29-4/h7-14,17H,5-6,15-16H2,1-4H3,(H,27,28)(H2,24,25,26). The number of carbonyl (C=O) groups is 1. The second-order valence-corrected chi connectivity index (χ2v) is 6.90. The van der Waals surface area contributed by atoms with Crippen molar-refractivity contribution in [2.75, 3.05) is 19.0 Å². The first-order valence-electron chi connectivity index (χ1n) is 10.1. The molecule has 1 unspecified atom stereocenters. The molecule has 29 heavy (non-hydrogen) atoms. The fourth-order valence-corrected chi connectivity index (χ4v) is 2.68. The number of hydrogen-bond acceptors (Lipinski definition) is 3. The van der Waals surface area contributed by atoms with Gasteiger partial charge in [0.05, 0.1) is 13.7 Å². The summed E-state index contributed by atoms with van der Waals surface area (Å²) < 4.78 is 5.27. The molecule has 3 N–H and O–H groups in total. The van der Waals surface area contributed by atoms with Crippen LogP contribution in [0.15, 0.2) is 53.5 Å². The number of amides is 1. The average Bonchev–Trinajstić information content (AvgIpc) is 2.75. The van der Waals surface area contributed by atoms with E-state index in [9.17, 15) is 4.79 Å². The van der Waals surface area contributed by atoms with E-state index in [0.29, 0.717) is 13.1 Å². The highest BCUT2D eigenvalue weighted by Gasteiger charge is 2.10. The molecule has 0 radical (unpaired) electrons. The molecular formula is C23H32N4O2. The summed E-state index contributed by atoms with van der Waals surface area (Å²) in [5.41, 5.74) is 2.95. The number of ether oxygens (including phenoxy) is 1. The quantitative estimate of drug-likeness (QED) is 0.443. The average molecular weight is 397 g/mol. The number of nitrogens with one attached hydrogen (secondary N) is 3. The molecular weight excluding hydrogens is 364 g/mol. The van der Waals surface area contributed by atoms with E-state index in [1.807, 2.05) is 69.3 Å². The molecule has 1 amide bonds. The minimum absolute atomic E-state index is 0.00200.